The van der Waals surface area contributed by atoms with Gasteiger partial charge in [0, 0.05) is 6.42 Å². The van der Waals surface area contributed by atoms with Gasteiger partial charge in [-0.2, -0.15) is 0 Å². The van der Waals surface area contributed by atoms with E-state index in [2.05, 4.69) is 6.92 Å². The predicted molar refractivity (Wildman–Crippen MR) is 90.7 cm³/mol. The molecule has 1 aromatic heterocycles. The number of aryl methyl sites for hydroxylation is 1. The second kappa shape index (κ2) is 8.70. The molecular weight excluding hydrogens is 295 g/mol. The Hall–Kier alpha value is -1.84. The van der Waals surface area contributed by atoms with Gasteiger partial charge >= 0.3 is 5.63 Å². The van der Waals surface area contributed by atoms with Crippen LogP contribution in [0.1, 0.15) is 58.1 Å². The van der Waals surface area contributed by atoms with Crippen LogP contribution in [0.15, 0.2) is 27.4 Å². The minimum absolute atomic E-state index is 0.0173. The first-order valence-electron chi connectivity index (χ1n) is 8.55. The lowest BCUT2D eigenvalue weighted by Crippen LogP contribution is -2.07. The van der Waals surface area contributed by atoms with Gasteiger partial charge in [0.1, 0.15) is 11.1 Å². The van der Waals surface area contributed by atoms with Crippen molar-refractivity contribution in [3.8, 4) is 5.75 Å². The summed E-state index contributed by atoms with van der Waals surface area (Å²) in [5, 5.41) is 0.559. The number of halogens is 1. The average molecular weight is 320 g/mol. The van der Waals surface area contributed by atoms with Gasteiger partial charge in [-0.25, -0.2) is 9.18 Å². The summed E-state index contributed by atoms with van der Waals surface area (Å²) in [5.41, 5.74) is -0.619. The summed E-state index contributed by atoms with van der Waals surface area (Å²) in [4.78, 5) is 12.1. The maximum atomic E-state index is 14.5. The number of hydrogen-bond acceptors (Lipinski definition) is 3. The molecule has 0 saturated carbocycles. The van der Waals surface area contributed by atoms with Crippen LogP contribution in [0, 0.1) is 5.82 Å². The first kappa shape index (κ1) is 17.5. The van der Waals surface area contributed by atoms with Gasteiger partial charge in [0.25, 0.3) is 0 Å². The highest BCUT2D eigenvalue weighted by molar-refractivity contribution is 5.83. The summed E-state index contributed by atoms with van der Waals surface area (Å²) in [6.45, 7) is 4.63. The van der Waals surface area contributed by atoms with Crippen molar-refractivity contribution >= 4 is 10.8 Å². The molecule has 0 unspecified atom stereocenters. The molecule has 0 atom stereocenters. The largest absolute Gasteiger partial charge is 0.490 e. The van der Waals surface area contributed by atoms with Crippen molar-refractivity contribution < 1.29 is 13.5 Å². The van der Waals surface area contributed by atoms with E-state index < -0.39 is 11.4 Å². The first-order valence-corrected chi connectivity index (χ1v) is 8.55. The van der Waals surface area contributed by atoms with Crippen molar-refractivity contribution in [3.63, 3.8) is 0 Å². The maximum Gasteiger partial charge on any atom is 0.346 e. The Morgan fingerprint density at radius 2 is 1.87 bits per heavy atom. The van der Waals surface area contributed by atoms with Crippen LogP contribution >= 0.6 is 0 Å². The Morgan fingerprint density at radius 3 is 2.61 bits per heavy atom. The van der Waals surface area contributed by atoms with Gasteiger partial charge in [0.15, 0.2) is 11.6 Å². The first-order chi connectivity index (χ1) is 11.2. The molecule has 2 aromatic rings. The molecule has 0 fully saturated rings. The molecule has 23 heavy (non-hydrogen) atoms. The highest BCUT2D eigenvalue weighted by atomic mass is 19.1. The van der Waals surface area contributed by atoms with Gasteiger partial charge in [0.2, 0.25) is 0 Å². The average Bonchev–Trinajstić information content (AvgIpc) is 2.53. The van der Waals surface area contributed by atoms with E-state index in [1.807, 2.05) is 6.92 Å². The smallest absolute Gasteiger partial charge is 0.346 e. The van der Waals surface area contributed by atoms with Gasteiger partial charge in [-0.3, -0.25) is 0 Å². The SMILES string of the molecule is CCCCCCc1cc2ccc(OCCCC)c(F)c2c(=O)o1. The summed E-state index contributed by atoms with van der Waals surface area (Å²) < 4.78 is 25.1. The van der Waals surface area contributed by atoms with Crippen LogP contribution in [0.5, 0.6) is 5.75 Å². The number of fused-ring (bicyclic) bond motifs is 1. The molecule has 0 aliphatic carbocycles. The second-order valence-electron chi connectivity index (χ2n) is 5.85. The van der Waals surface area contributed by atoms with Gasteiger partial charge in [-0.1, -0.05) is 45.6 Å². The van der Waals surface area contributed by atoms with Crippen molar-refractivity contribution in [2.24, 2.45) is 0 Å². The van der Waals surface area contributed by atoms with E-state index in [9.17, 15) is 9.18 Å². The molecule has 0 aliphatic rings. The molecule has 0 radical (unpaired) electrons. The summed E-state index contributed by atoms with van der Waals surface area (Å²) in [6.07, 6.45) is 6.95. The monoisotopic (exact) mass is 320 g/mol. The number of ether oxygens (including phenoxy) is 1. The number of unbranched alkanes of at least 4 members (excludes halogenated alkanes) is 4. The summed E-state index contributed by atoms with van der Waals surface area (Å²) in [6, 6.07) is 5.08. The molecule has 0 saturated heterocycles. The van der Waals surface area contributed by atoms with Crippen LogP contribution < -0.4 is 10.4 Å². The van der Waals surface area contributed by atoms with Crippen LogP contribution in [0.25, 0.3) is 10.8 Å². The van der Waals surface area contributed by atoms with E-state index >= 15 is 0 Å². The fourth-order valence-corrected chi connectivity index (χ4v) is 2.56. The molecule has 0 amide bonds. The highest BCUT2D eigenvalue weighted by Crippen LogP contribution is 2.25. The van der Waals surface area contributed by atoms with E-state index in [0.29, 0.717) is 24.2 Å². The number of rotatable bonds is 9. The molecule has 0 bridgehead atoms. The third-order valence-corrected chi connectivity index (χ3v) is 3.92. The molecular formula is C19H25FO3. The summed E-state index contributed by atoms with van der Waals surface area (Å²) >= 11 is 0. The predicted octanol–water partition coefficient (Wildman–Crippen LogP) is 5.23. The number of hydrogen-bond donors (Lipinski definition) is 0. The fraction of sp³-hybridized carbons (Fsp3) is 0.526. The van der Waals surface area contributed by atoms with Gasteiger partial charge in [0.05, 0.1) is 6.61 Å². The van der Waals surface area contributed by atoms with Gasteiger partial charge < -0.3 is 9.15 Å². The lowest BCUT2D eigenvalue weighted by atomic mass is 10.1. The van der Waals surface area contributed by atoms with Crippen LogP contribution in [-0.2, 0) is 6.42 Å². The quantitative estimate of drug-likeness (QED) is 0.594. The minimum Gasteiger partial charge on any atom is -0.490 e. The van der Waals surface area contributed by atoms with E-state index in [-0.39, 0.29) is 11.1 Å². The molecule has 0 aliphatic heterocycles. The lowest BCUT2D eigenvalue weighted by molar-refractivity contribution is 0.295. The molecule has 2 rings (SSSR count). The fourth-order valence-electron chi connectivity index (χ4n) is 2.56. The molecule has 1 aromatic carbocycles. The molecule has 4 heteroatoms. The molecule has 1 heterocycles. The molecule has 0 N–H and O–H groups in total. The highest BCUT2D eigenvalue weighted by Gasteiger charge is 2.14. The third-order valence-electron chi connectivity index (χ3n) is 3.92. The van der Waals surface area contributed by atoms with E-state index in [0.717, 1.165) is 32.1 Å². The third kappa shape index (κ3) is 4.57. The van der Waals surface area contributed by atoms with Gasteiger partial charge in [-0.05, 0) is 30.4 Å². The minimum atomic E-state index is -0.620. The van der Waals surface area contributed by atoms with Gasteiger partial charge in [-0.15, -0.1) is 0 Å². The Labute approximate surface area is 136 Å². The van der Waals surface area contributed by atoms with Crippen LogP contribution in [0.2, 0.25) is 0 Å². The van der Waals surface area contributed by atoms with Crippen molar-refractivity contribution in [2.45, 2.75) is 58.8 Å². The second-order valence-corrected chi connectivity index (χ2v) is 5.85. The van der Waals surface area contributed by atoms with Crippen LogP contribution in [0.4, 0.5) is 4.39 Å². The normalized spacial score (nSPS) is 11.1. The zero-order valence-electron chi connectivity index (χ0n) is 14.0. The van der Waals surface area contributed by atoms with Crippen LogP contribution in [0.3, 0.4) is 0 Å². The molecule has 126 valence electrons. The van der Waals surface area contributed by atoms with Crippen molar-refractivity contribution in [3.05, 3.63) is 40.2 Å². The van der Waals surface area contributed by atoms with Crippen molar-refractivity contribution in [1.29, 1.82) is 0 Å². The lowest BCUT2D eigenvalue weighted by Gasteiger charge is -2.09. The van der Waals surface area contributed by atoms with Crippen molar-refractivity contribution in [2.75, 3.05) is 6.61 Å². The Bertz CT molecular complexity index is 691. The van der Waals surface area contributed by atoms with Crippen LogP contribution in [-0.4, -0.2) is 6.61 Å². The summed E-state index contributed by atoms with van der Waals surface area (Å²) in [7, 11) is 0. The Kier molecular flexibility index (Phi) is 6.63. The number of benzene rings is 1. The summed E-state index contributed by atoms with van der Waals surface area (Å²) in [5.74, 6) is 0.122. The zero-order valence-corrected chi connectivity index (χ0v) is 14.0. The topological polar surface area (TPSA) is 39.4 Å². The standard InChI is InChI=1S/C19H25FO3/c1-3-5-7-8-9-15-13-14-10-11-16(22-12-6-4-2)18(20)17(14)19(21)23-15/h10-11,13H,3-9,12H2,1-2H3. The Balaban J connectivity index is 2.21. The molecule has 3 nitrogen and oxygen atoms in total. The van der Waals surface area contributed by atoms with E-state index in [4.69, 9.17) is 9.15 Å². The van der Waals surface area contributed by atoms with E-state index in [1.54, 1.807) is 18.2 Å². The van der Waals surface area contributed by atoms with E-state index in [1.165, 1.54) is 6.42 Å². The molecule has 0 spiro atoms. The zero-order chi connectivity index (χ0) is 16.7. The van der Waals surface area contributed by atoms with Crippen molar-refractivity contribution in [1.82, 2.24) is 0 Å². The Morgan fingerprint density at radius 1 is 1.09 bits per heavy atom. The maximum absolute atomic E-state index is 14.5.